The van der Waals surface area contributed by atoms with Crippen LogP contribution in [-0.4, -0.2) is 44.5 Å². The van der Waals surface area contributed by atoms with Crippen LogP contribution in [0.1, 0.15) is 16.8 Å². The number of benzene rings is 2. The molecule has 0 fully saturated rings. The molecule has 4 rings (SSSR count). The molecule has 2 heterocycles. The summed E-state index contributed by atoms with van der Waals surface area (Å²) in [5.41, 5.74) is 0.312. The zero-order valence-electron chi connectivity index (χ0n) is 15.8. The van der Waals surface area contributed by atoms with Crippen LogP contribution >= 0.6 is 0 Å². The first-order valence-corrected chi connectivity index (χ1v) is 10.7. The molecule has 0 atom stereocenters. The van der Waals surface area contributed by atoms with Crippen LogP contribution in [0.15, 0.2) is 51.7 Å². The summed E-state index contributed by atoms with van der Waals surface area (Å²) >= 11 is 0. The number of carboxylic acids is 1. The van der Waals surface area contributed by atoms with Crippen molar-refractivity contribution in [3.8, 4) is 17.1 Å². The SMILES string of the molecule is O=C(O)c1ccc2c(c1)nc(-c1cc3ccc(O)cc3oc1=O)n2CCCS(=O)(=O)O. The van der Waals surface area contributed by atoms with Gasteiger partial charge in [-0.15, -0.1) is 0 Å². The summed E-state index contributed by atoms with van der Waals surface area (Å²) < 4.78 is 38.1. The summed E-state index contributed by atoms with van der Waals surface area (Å²) in [6.45, 7) is 0.0884. The Balaban J connectivity index is 1.91. The number of hydrogen-bond acceptors (Lipinski definition) is 7. The van der Waals surface area contributed by atoms with E-state index in [0.29, 0.717) is 16.4 Å². The number of carbonyl (C=O) groups is 1. The van der Waals surface area contributed by atoms with Crippen molar-refractivity contribution in [3.63, 3.8) is 0 Å². The van der Waals surface area contributed by atoms with E-state index in [1.807, 2.05) is 0 Å². The molecule has 0 saturated carbocycles. The van der Waals surface area contributed by atoms with Crippen LogP contribution in [0.2, 0.25) is 0 Å². The van der Waals surface area contributed by atoms with Crippen LogP contribution in [0.25, 0.3) is 33.4 Å². The van der Waals surface area contributed by atoms with E-state index in [0.717, 1.165) is 0 Å². The molecule has 0 saturated heterocycles. The van der Waals surface area contributed by atoms with Crippen LogP contribution in [0.5, 0.6) is 5.75 Å². The number of imidazole rings is 1. The molecule has 160 valence electrons. The van der Waals surface area contributed by atoms with Gasteiger partial charge in [-0.2, -0.15) is 8.42 Å². The molecular formula is C20H16N2O8S. The number of aromatic nitrogens is 2. The van der Waals surface area contributed by atoms with Gasteiger partial charge in [0.1, 0.15) is 22.7 Å². The Kier molecular flexibility index (Phi) is 4.99. The molecule has 0 amide bonds. The monoisotopic (exact) mass is 444 g/mol. The van der Waals surface area contributed by atoms with Gasteiger partial charge in [0.15, 0.2) is 0 Å². The normalized spacial score (nSPS) is 11.9. The van der Waals surface area contributed by atoms with Gasteiger partial charge < -0.3 is 19.2 Å². The van der Waals surface area contributed by atoms with E-state index >= 15 is 0 Å². The average Bonchev–Trinajstić information content (AvgIpc) is 3.04. The maximum atomic E-state index is 12.7. The Hall–Kier alpha value is -3.70. The van der Waals surface area contributed by atoms with Crippen LogP contribution in [0.3, 0.4) is 0 Å². The van der Waals surface area contributed by atoms with Crippen molar-refractivity contribution in [2.45, 2.75) is 13.0 Å². The largest absolute Gasteiger partial charge is 0.508 e. The number of hydrogen-bond donors (Lipinski definition) is 3. The van der Waals surface area contributed by atoms with Crippen LogP contribution in [0.4, 0.5) is 0 Å². The maximum absolute atomic E-state index is 12.7. The van der Waals surface area contributed by atoms with Crippen molar-refractivity contribution in [1.82, 2.24) is 9.55 Å². The molecule has 4 aromatic rings. The van der Waals surface area contributed by atoms with E-state index in [9.17, 15) is 28.2 Å². The van der Waals surface area contributed by atoms with Crippen molar-refractivity contribution < 1.29 is 32.4 Å². The zero-order chi connectivity index (χ0) is 22.3. The highest BCUT2D eigenvalue weighted by atomic mass is 32.2. The number of rotatable bonds is 6. The van der Waals surface area contributed by atoms with Crippen molar-refractivity contribution in [1.29, 1.82) is 0 Å². The molecule has 2 aromatic heterocycles. The van der Waals surface area contributed by atoms with Crippen molar-refractivity contribution in [3.05, 3.63) is 58.4 Å². The van der Waals surface area contributed by atoms with Gasteiger partial charge in [-0.3, -0.25) is 4.55 Å². The van der Waals surface area contributed by atoms with Gasteiger partial charge in [-0.05, 0) is 42.8 Å². The number of aromatic hydroxyl groups is 1. The summed E-state index contributed by atoms with van der Waals surface area (Å²) in [6, 6.07) is 10.1. The lowest BCUT2D eigenvalue weighted by molar-refractivity contribution is 0.0697. The first kappa shape index (κ1) is 20.6. The number of fused-ring (bicyclic) bond motifs is 2. The maximum Gasteiger partial charge on any atom is 0.347 e. The lowest BCUT2D eigenvalue weighted by atomic mass is 10.1. The Morgan fingerprint density at radius 2 is 1.90 bits per heavy atom. The van der Waals surface area contributed by atoms with E-state index in [2.05, 4.69) is 4.98 Å². The van der Waals surface area contributed by atoms with Gasteiger partial charge >= 0.3 is 11.6 Å². The fourth-order valence-corrected chi connectivity index (χ4v) is 3.85. The predicted molar refractivity (Wildman–Crippen MR) is 111 cm³/mol. The van der Waals surface area contributed by atoms with E-state index in [1.165, 1.54) is 36.4 Å². The van der Waals surface area contributed by atoms with Crippen LogP contribution in [0, 0.1) is 0 Å². The van der Waals surface area contributed by atoms with Gasteiger partial charge in [0.25, 0.3) is 10.1 Å². The van der Waals surface area contributed by atoms with Crippen LogP contribution in [-0.2, 0) is 16.7 Å². The van der Waals surface area contributed by atoms with Crippen molar-refractivity contribution >= 4 is 38.1 Å². The second-order valence-corrected chi connectivity index (χ2v) is 8.48. The molecule has 0 unspecified atom stereocenters. The number of aryl methyl sites for hydroxylation is 1. The van der Waals surface area contributed by atoms with E-state index in [-0.39, 0.29) is 41.2 Å². The van der Waals surface area contributed by atoms with Gasteiger partial charge in [-0.1, -0.05) is 0 Å². The highest BCUT2D eigenvalue weighted by Gasteiger charge is 2.19. The Morgan fingerprint density at radius 3 is 2.61 bits per heavy atom. The van der Waals surface area contributed by atoms with Gasteiger partial charge in [0, 0.05) is 18.0 Å². The molecule has 0 radical (unpaired) electrons. The Labute approximate surface area is 174 Å². The van der Waals surface area contributed by atoms with Gasteiger partial charge in [-0.25, -0.2) is 14.6 Å². The fraction of sp³-hybridized carbons (Fsp3) is 0.150. The van der Waals surface area contributed by atoms with Crippen LogP contribution < -0.4 is 5.63 Å². The molecule has 0 spiro atoms. The summed E-state index contributed by atoms with van der Waals surface area (Å²) in [4.78, 5) is 28.4. The minimum atomic E-state index is -4.18. The summed E-state index contributed by atoms with van der Waals surface area (Å²) in [5, 5.41) is 19.3. The lowest BCUT2D eigenvalue weighted by Gasteiger charge is -2.09. The van der Waals surface area contributed by atoms with Crippen molar-refractivity contribution in [2.75, 3.05) is 5.75 Å². The molecule has 2 aromatic carbocycles. The number of phenolic OH excluding ortho intramolecular Hbond substituents is 1. The van der Waals surface area contributed by atoms with E-state index in [1.54, 1.807) is 10.6 Å². The third-order valence-corrected chi connectivity index (χ3v) is 5.54. The highest BCUT2D eigenvalue weighted by Crippen LogP contribution is 2.27. The first-order valence-electron chi connectivity index (χ1n) is 9.08. The highest BCUT2D eigenvalue weighted by molar-refractivity contribution is 7.85. The summed E-state index contributed by atoms with van der Waals surface area (Å²) in [5.74, 6) is -1.54. The second kappa shape index (κ2) is 7.52. The Morgan fingerprint density at radius 1 is 1.13 bits per heavy atom. The summed E-state index contributed by atoms with van der Waals surface area (Å²) in [6.07, 6.45) is 0.0325. The third kappa shape index (κ3) is 4.13. The van der Waals surface area contributed by atoms with E-state index < -0.39 is 27.5 Å². The number of phenols is 1. The Bertz CT molecular complexity index is 1500. The smallest absolute Gasteiger partial charge is 0.347 e. The predicted octanol–water partition coefficient (Wildman–Crippen LogP) is 2.49. The molecule has 0 aliphatic rings. The number of aromatic carboxylic acids is 1. The fourth-order valence-electron chi connectivity index (χ4n) is 3.36. The molecule has 31 heavy (non-hydrogen) atoms. The molecule has 0 aliphatic heterocycles. The molecule has 10 nitrogen and oxygen atoms in total. The second-order valence-electron chi connectivity index (χ2n) is 6.90. The molecule has 11 heteroatoms. The average molecular weight is 444 g/mol. The standard InChI is InChI=1S/C20H16N2O8S/c23-13-4-2-11-8-14(20(26)30-17(11)10-13)18-21-15-9-12(19(24)25)3-5-16(15)22(18)6-1-7-31(27,28)29/h2-5,8-10,23H,1,6-7H2,(H,24,25)(H,27,28,29). The van der Waals surface area contributed by atoms with E-state index in [4.69, 9.17) is 8.97 Å². The quantitative estimate of drug-likeness (QED) is 0.300. The zero-order valence-corrected chi connectivity index (χ0v) is 16.7. The van der Waals surface area contributed by atoms with Gasteiger partial charge in [0.2, 0.25) is 0 Å². The number of carboxylic acid groups (broad SMARTS) is 1. The molecular weight excluding hydrogens is 428 g/mol. The third-order valence-electron chi connectivity index (χ3n) is 4.74. The minimum absolute atomic E-state index is 0.00246. The first-order chi connectivity index (χ1) is 14.6. The molecule has 0 aliphatic carbocycles. The molecule has 3 N–H and O–H groups in total. The molecule has 0 bridgehead atoms. The van der Waals surface area contributed by atoms with Crippen molar-refractivity contribution in [2.24, 2.45) is 0 Å². The lowest BCUT2D eigenvalue weighted by Crippen LogP contribution is -2.11. The number of nitrogens with zero attached hydrogens (tertiary/aromatic N) is 2. The van der Waals surface area contributed by atoms with Gasteiger partial charge in [0.05, 0.1) is 22.3 Å². The topological polar surface area (TPSA) is 160 Å². The minimum Gasteiger partial charge on any atom is -0.508 e. The summed E-state index contributed by atoms with van der Waals surface area (Å²) in [7, 11) is -4.18.